The molecule has 0 radical (unpaired) electrons. The van der Waals surface area contributed by atoms with Crippen LogP contribution in [0.1, 0.15) is 28.8 Å². The van der Waals surface area contributed by atoms with E-state index >= 15 is 0 Å². The van der Waals surface area contributed by atoms with E-state index in [4.69, 9.17) is 4.74 Å². The molecule has 154 valence electrons. The van der Waals surface area contributed by atoms with Crippen LogP contribution in [0.5, 0.6) is 5.75 Å². The molecule has 2 aliphatic rings. The lowest BCUT2D eigenvalue weighted by molar-refractivity contribution is 0.165. The van der Waals surface area contributed by atoms with Crippen molar-refractivity contribution in [2.45, 2.75) is 18.4 Å². The van der Waals surface area contributed by atoms with E-state index in [0.717, 1.165) is 34.4 Å². The molecule has 4 aromatic rings. The van der Waals surface area contributed by atoms with E-state index < -0.39 is 5.60 Å². The van der Waals surface area contributed by atoms with Crippen LogP contribution in [-0.4, -0.2) is 13.1 Å². The zero-order valence-electron chi connectivity index (χ0n) is 17.1. The summed E-state index contributed by atoms with van der Waals surface area (Å²) < 4.78 is 7.96. The lowest BCUT2D eigenvalue weighted by atomic mass is 9.87. The van der Waals surface area contributed by atoms with Gasteiger partial charge >= 0.3 is 0 Å². The third-order valence-corrected chi connectivity index (χ3v) is 8.10. The van der Waals surface area contributed by atoms with Crippen LogP contribution >= 0.6 is 27.3 Å². The fourth-order valence-electron chi connectivity index (χ4n) is 4.81. The predicted molar refractivity (Wildman–Crippen MR) is 134 cm³/mol. The Morgan fingerprint density at radius 1 is 0.871 bits per heavy atom. The highest BCUT2D eigenvalue weighted by Gasteiger charge is 2.38. The van der Waals surface area contributed by atoms with Gasteiger partial charge in [-0.3, -0.25) is 0 Å². The number of anilines is 1. The summed E-state index contributed by atoms with van der Waals surface area (Å²) in [6.45, 7) is 2.31. The fourth-order valence-corrected chi connectivity index (χ4v) is 6.17. The summed E-state index contributed by atoms with van der Waals surface area (Å²) in [6.07, 6.45) is 7.04. The lowest BCUT2D eigenvalue weighted by Crippen LogP contribution is -2.33. The molecule has 0 N–H and O–H groups in total. The largest absolute Gasteiger partial charge is 0.472 e. The van der Waals surface area contributed by atoms with Gasteiger partial charge in [0.25, 0.3) is 0 Å². The first-order valence-electron chi connectivity index (χ1n) is 10.7. The molecule has 1 atom stereocenters. The average molecular weight is 488 g/mol. The van der Waals surface area contributed by atoms with Gasteiger partial charge in [-0.1, -0.05) is 46.3 Å². The predicted octanol–water partition coefficient (Wildman–Crippen LogP) is 7.61. The summed E-state index contributed by atoms with van der Waals surface area (Å²) in [4.78, 5) is 3.66. The van der Waals surface area contributed by atoms with Gasteiger partial charge in [-0.15, -0.1) is 11.3 Å². The normalized spacial score (nSPS) is 20.1. The SMILES string of the molecule is Brc1cccc2c3c(ccc12)OC(c1ccc(N2CCCC2)cc1)(c1cccs1)C=C3. The number of fused-ring (bicyclic) bond motifs is 3. The molecule has 1 unspecified atom stereocenters. The van der Waals surface area contributed by atoms with E-state index in [-0.39, 0.29) is 0 Å². The molecule has 0 saturated carbocycles. The third kappa shape index (κ3) is 3.12. The minimum absolute atomic E-state index is 0.607. The lowest BCUT2D eigenvalue weighted by Gasteiger charge is -2.35. The Morgan fingerprint density at radius 3 is 2.48 bits per heavy atom. The monoisotopic (exact) mass is 487 g/mol. The van der Waals surface area contributed by atoms with Crippen LogP contribution in [-0.2, 0) is 5.60 Å². The quantitative estimate of drug-likeness (QED) is 0.294. The van der Waals surface area contributed by atoms with Crippen LogP contribution in [0, 0.1) is 0 Å². The number of thiophene rings is 1. The molecule has 1 aromatic heterocycles. The van der Waals surface area contributed by atoms with E-state index in [0.29, 0.717) is 0 Å². The van der Waals surface area contributed by atoms with Crippen molar-refractivity contribution in [3.8, 4) is 5.75 Å². The molecule has 1 saturated heterocycles. The zero-order chi connectivity index (χ0) is 20.8. The fraction of sp³-hybridized carbons (Fsp3) is 0.185. The van der Waals surface area contributed by atoms with E-state index in [1.54, 1.807) is 11.3 Å². The van der Waals surface area contributed by atoms with Gasteiger partial charge in [0.2, 0.25) is 0 Å². The topological polar surface area (TPSA) is 12.5 Å². The standard InChI is InChI=1S/C27H22BrNOS/c28-24-6-3-5-21-22(24)12-13-25-23(21)14-15-27(30-25,26-7-4-18-31-26)19-8-10-20(11-9-19)29-16-1-2-17-29/h3-15,18H,1-2,16-17H2. The van der Waals surface area contributed by atoms with Crippen molar-refractivity contribution in [1.29, 1.82) is 0 Å². The molecule has 0 amide bonds. The Kier molecular flexibility index (Phi) is 4.66. The highest BCUT2D eigenvalue weighted by atomic mass is 79.9. The minimum Gasteiger partial charge on any atom is -0.472 e. The summed E-state index contributed by atoms with van der Waals surface area (Å²) in [6, 6.07) is 23.8. The van der Waals surface area contributed by atoms with Crippen molar-refractivity contribution < 1.29 is 4.74 Å². The van der Waals surface area contributed by atoms with E-state index in [9.17, 15) is 0 Å². The Hall–Kier alpha value is -2.56. The third-order valence-electron chi connectivity index (χ3n) is 6.42. The second-order valence-corrected chi connectivity index (χ2v) is 10.0. The number of rotatable bonds is 3. The van der Waals surface area contributed by atoms with Crippen LogP contribution in [0.3, 0.4) is 0 Å². The molecule has 4 heteroatoms. The van der Waals surface area contributed by atoms with Gasteiger partial charge in [0.1, 0.15) is 5.75 Å². The Bertz CT molecular complexity index is 1270. The van der Waals surface area contributed by atoms with Crippen molar-refractivity contribution >= 4 is 49.8 Å². The van der Waals surface area contributed by atoms with Gasteiger partial charge < -0.3 is 9.64 Å². The van der Waals surface area contributed by atoms with Gasteiger partial charge in [-0.2, -0.15) is 0 Å². The highest BCUT2D eigenvalue weighted by molar-refractivity contribution is 9.10. The van der Waals surface area contributed by atoms with Gasteiger partial charge in [-0.25, -0.2) is 0 Å². The number of nitrogens with zero attached hydrogens (tertiary/aromatic N) is 1. The summed E-state index contributed by atoms with van der Waals surface area (Å²) >= 11 is 5.42. The van der Waals surface area contributed by atoms with E-state index in [1.807, 2.05) is 0 Å². The van der Waals surface area contributed by atoms with Crippen molar-refractivity contribution in [2.24, 2.45) is 0 Å². The zero-order valence-corrected chi connectivity index (χ0v) is 19.5. The van der Waals surface area contributed by atoms with Crippen LogP contribution in [0.4, 0.5) is 5.69 Å². The van der Waals surface area contributed by atoms with Gasteiger partial charge in [-0.05, 0) is 77.5 Å². The highest BCUT2D eigenvalue weighted by Crippen LogP contribution is 2.46. The van der Waals surface area contributed by atoms with Crippen molar-refractivity contribution in [1.82, 2.24) is 0 Å². The van der Waals surface area contributed by atoms with E-state index in [1.165, 1.54) is 34.2 Å². The molecule has 2 aliphatic heterocycles. The number of benzene rings is 3. The summed E-state index contributed by atoms with van der Waals surface area (Å²) in [5, 5.41) is 4.53. The summed E-state index contributed by atoms with van der Waals surface area (Å²) in [5.74, 6) is 0.921. The molecule has 3 aromatic carbocycles. The van der Waals surface area contributed by atoms with Gasteiger partial charge in [0.15, 0.2) is 5.60 Å². The summed E-state index contributed by atoms with van der Waals surface area (Å²) in [5.41, 5.74) is 3.00. The van der Waals surface area contributed by atoms with Crippen molar-refractivity contribution in [3.63, 3.8) is 0 Å². The number of ether oxygens (including phenoxy) is 1. The Morgan fingerprint density at radius 2 is 1.71 bits per heavy atom. The van der Waals surface area contributed by atoms with Crippen molar-refractivity contribution in [3.05, 3.63) is 98.7 Å². The number of halogens is 1. The maximum absolute atomic E-state index is 6.86. The van der Waals surface area contributed by atoms with Crippen LogP contribution in [0.15, 0.2) is 82.7 Å². The molecule has 6 rings (SSSR count). The van der Waals surface area contributed by atoms with Gasteiger partial charge in [0.05, 0.1) is 4.88 Å². The number of hydrogen-bond donors (Lipinski definition) is 0. The summed E-state index contributed by atoms with van der Waals surface area (Å²) in [7, 11) is 0. The second kappa shape index (κ2) is 7.54. The Labute approximate surface area is 194 Å². The molecule has 0 aliphatic carbocycles. The molecule has 2 nitrogen and oxygen atoms in total. The molecular formula is C27H22BrNOS. The second-order valence-electron chi connectivity index (χ2n) is 8.20. The molecule has 0 spiro atoms. The van der Waals surface area contributed by atoms with Crippen LogP contribution in [0.25, 0.3) is 16.8 Å². The van der Waals surface area contributed by atoms with Crippen LogP contribution in [0.2, 0.25) is 0 Å². The molecule has 1 fully saturated rings. The molecule has 3 heterocycles. The first-order valence-corrected chi connectivity index (χ1v) is 12.4. The average Bonchev–Trinajstić information content (AvgIpc) is 3.54. The molecular weight excluding hydrogens is 466 g/mol. The maximum atomic E-state index is 6.86. The minimum atomic E-state index is -0.607. The first-order chi connectivity index (χ1) is 15.2. The smallest absolute Gasteiger partial charge is 0.187 e. The van der Waals surface area contributed by atoms with Gasteiger partial charge in [0, 0.05) is 34.4 Å². The first kappa shape index (κ1) is 19.1. The van der Waals surface area contributed by atoms with Crippen LogP contribution < -0.4 is 9.64 Å². The Balaban J connectivity index is 1.47. The molecule has 31 heavy (non-hydrogen) atoms. The van der Waals surface area contributed by atoms with Crippen molar-refractivity contribution in [2.75, 3.05) is 18.0 Å². The maximum Gasteiger partial charge on any atom is 0.187 e. The molecule has 0 bridgehead atoms. The number of hydrogen-bond acceptors (Lipinski definition) is 3. The van der Waals surface area contributed by atoms with E-state index in [2.05, 4.69) is 105 Å².